The molecule has 2 aromatic carbocycles. The molecule has 0 bridgehead atoms. The highest BCUT2D eigenvalue weighted by molar-refractivity contribution is 5.88. The van der Waals surface area contributed by atoms with Crippen molar-refractivity contribution in [2.24, 2.45) is 5.73 Å². The van der Waals surface area contributed by atoms with Gasteiger partial charge in [-0.2, -0.15) is 0 Å². The summed E-state index contributed by atoms with van der Waals surface area (Å²) < 4.78 is 5.57. The highest BCUT2D eigenvalue weighted by atomic mass is 35.5. The molecule has 0 aliphatic rings. The van der Waals surface area contributed by atoms with Crippen LogP contribution in [0.1, 0.15) is 6.42 Å². The van der Waals surface area contributed by atoms with Crippen LogP contribution in [-0.4, -0.2) is 25.6 Å². The summed E-state index contributed by atoms with van der Waals surface area (Å²) in [6, 6.07) is 13.7. The van der Waals surface area contributed by atoms with E-state index in [0.29, 0.717) is 13.1 Å². The van der Waals surface area contributed by atoms with Crippen LogP contribution in [0.15, 0.2) is 42.5 Å². The second kappa shape index (κ2) is 8.40. The highest BCUT2D eigenvalue weighted by Gasteiger charge is 2.04. The monoisotopic (exact) mass is 294 g/mol. The summed E-state index contributed by atoms with van der Waals surface area (Å²) in [6.07, 6.45) is 0.778. The van der Waals surface area contributed by atoms with Crippen molar-refractivity contribution in [3.63, 3.8) is 0 Å². The van der Waals surface area contributed by atoms with Crippen molar-refractivity contribution in [2.45, 2.75) is 6.42 Å². The van der Waals surface area contributed by atoms with Crippen LogP contribution in [0, 0.1) is 0 Å². The van der Waals surface area contributed by atoms with Crippen molar-refractivity contribution in [1.82, 2.24) is 5.32 Å². The Bertz CT molecular complexity index is 555. The number of hydrogen-bond acceptors (Lipinski definition) is 3. The zero-order valence-electron chi connectivity index (χ0n) is 11.2. The zero-order chi connectivity index (χ0) is 13.5. The summed E-state index contributed by atoms with van der Waals surface area (Å²) in [7, 11) is 0. The first-order chi connectivity index (χ1) is 9.31. The van der Waals surface area contributed by atoms with Gasteiger partial charge >= 0.3 is 0 Å². The van der Waals surface area contributed by atoms with Gasteiger partial charge in [0.2, 0.25) is 0 Å². The van der Waals surface area contributed by atoms with Crippen LogP contribution in [-0.2, 0) is 4.79 Å². The average Bonchev–Trinajstić information content (AvgIpc) is 2.45. The Morgan fingerprint density at radius 3 is 2.70 bits per heavy atom. The molecule has 0 saturated carbocycles. The summed E-state index contributed by atoms with van der Waals surface area (Å²) in [4.78, 5) is 11.6. The summed E-state index contributed by atoms with van der Waals surface area (Å²) in [6.45, 7) is 1.19. The number of fused-ring (bicyclic) bond motifs is 1. The van der Waals surface area contributed by atoms with Gasteiger partial charge in [-0.25, -0.2) is 0 Å². The van der Waals surface area contributed by atoms with E-state index in [4.69, 9.17) is 10.5 Å². The van der Waals surface area contributed by atoms with Crippen LogP contribution < -0.4 is 15.8 Å². The molecule has 2 aromatic rings. The second-order valence-corrected chi connectivity index (χ2v) is 4.26. The normalized spacial score (nSPS) is 9.85. The van der Waals surface area contributed by atoms with E-state index in [1.165, 1.54) is 0 Å². The Labute approximate surface area is 124 Å². The van der Waals surface area contributed by atoms with Crippen molar-refractivity contribution < 1.29 is 9.53 Å². The number of hydrogen-bond donors (Lipinski definition) is 2. The Kier molecular flexibility index (Phi) is 6.84. The fourth-order valence-electron chi connectivity index (χ4n) is 1.85. The van der Waals surface area contributed by atoms with E-state index in [0.717, 1.165) is 22.9 Å². The van der Waals surface area contributed by atoms with Gasteiger partial charge in [0.1, 0.15) is 5.75 Å². The molecule has 0 spiro atoms. The Balaban J connectivity index is 0.00000200. The molecule has 0 atom stereocenters. The minimum atomic E-state index is -0.124. The Hall–Kier alpha value is -1.78. The van der Waals surface area contributed by atoms with Gasteiger partial charge in [0.25, 0.3) is 5.91 Å². The number of amides is 1. The summed E-state index contributed by atoms with van der Waals surface area (Å²) in [5.41, 5.74) is 5.36. The molecule has 2 rings (SSSR count). The molecule has 0 aliphatic carbocycles. The van der Waals surface area contributed by atoms with Gasteiger partial charge in [-0.3, -0.25) is 4.79 Å². The molecule has 20 heavy (non-hydrogen) atoms. The molecule has 0 saturated heterocycles. The van der Waals surface area contributed by atoms with Gasteiger partial charge in [-0.1, -0.05) is 36.4 Å². The van der Waals surface area contributed by atoms with Crippen molar-refractivity contribution in [3.8, 4) is 5.75 Å². The predicted octanol–water partition coefficient (Wildman–Crippen LogP) is 2.11. The molecule has 0 heterocycles. The third-order valence-electron chi connectivity index (χ3n) is 2.81. The minimum Gasteiger partial charge on any atom is -0.483 e. The molecule has 5 heteroatoms. The van der Waals surface area contributed by atoms with Crippen LogP contribution in [0.4, 0.5) is 0 Å². The smallest absolute Gasteiger partial charge is 0.257 e. The molecular weight excluding hydrogens is 276 g/mol. The van der Waals surface area contributed by atoms with E-state index in [1.807, 2.05) is 42.5 Å². The third kappa shape index (κ3) is 4.40. The van der Waals surface area contributed by atoms with Gasteiger partial charge in [0.15, 0.2) is 6.61 Å². The fourth-order valence-corrected chi connectivity index (χ4v) is 1.85. The number of halogens is 1. The van der Waals surface area contributed by atoms with E-state index in [9.17, 15) is 4.79 Å². The van der Waals surface area contributed by atoms with Gasteiger partial charge in [-0.05, 0) is 24.4 Å². The number of carbonyl (C=O) groups excluding carboxylic acids is 1. The topological polar surface area (TPSA) is 64.3 Å². The van der Waals surface area contributed by atoms with E-state index in [2.05, 4.69) is 5.32 Å². The SMILES string of the molecule is Cl.NCCCNC(=O)COc1cccc2ccccc12. The van der Waals surface area contributed by atoms with Crippen LogP contribution in [0.3, 0.4) is 0 Å². The minimum absolute atomic E-state index is 0. The zero-order valence-corrected chi connectivity index (χ0v) is 12.0. The van der Waals surface area contributed by atoms with Crippen molar-refractivity contribution in [1.29, 1.82) is 0 Å². The number of ether oxygens (including phenoxy) is 1. The van der Waals surface area contributed by atoms with E-state index >= 15 is 0 Å². The summed E-state index contributed by atoms with van der Waals surface area (Å²) in [5.74, 6) is 0.605. The average molecular weight is 295 g/mol. The van der Waals surface area contributed by atoms with Gasteiger partial charge < -0.3 is 15.8 Å². The van der Waals surface area contributed by atoms with E-state index < -0.39 is 0 Å². The van der Waals surface area contributed by atoms with Gasteiger partial charge in [0.05, 0.1) is 0 Å². The lowest BCUT2D eigenvalue weighted by Gasteiger charge is -2.09. The lowest BCUT2D eigenvalue weighted by atomic mass is 10.1. The second-order valence-electron chi connectivity index (χ2n) is 4.26. The van der Waals surface area contributed by atoms with E-state index in [-0.39, 0.29) is 24.9 Å². The molecule has 108 valence electrons. The number of carbonyl (C=O) groups is 1. The van der Waals surface area contributed by atoms with Crippen LogP contribution >= 0.6 is 12.4 Å². The first-order valence-corrected chi connectivity index (χ1v) is 6.38. The van der Waals surface area contributed by atoms with Crippen molar-refractivity contribution in [2.75, 3.05) is 19.7 Å². The maximum Gasteiger partial charge on any atom is 0.257 e. The lowest BCUT2D eigenvalue weighted by Crippen LogP contribution is -2.30. The Morgan fingerprint density at radius 1 is 1.15 bits per heavy atom. The summed E-state index contributed by atoms with van der Waals surface area (Å²) >= 11 is 0. The first kappa shape index (κ1) is 16.3. The quantitative estimate of drug-likeness (QED) is 0.802. The molecule has 1 amide bonds. The van der Waals surface area contributed by atoms with Gasteiger partial charge in [0, 0.05) is 11.9 Å². The highest BCUT2D eigenvalue weighted by Crippen LogP contribution is 2.24. The van der Waals surface area contributed by atoms with Crippen molar-refractivity contribution in [3.05, 3.63) is 42.5 Å². The Morgan fingerprint density at radius 2 is 1.90 bits per heavy atom. The molecule has 0 aromatic heterocycles. The number of nitrogens with one attached hydrogen (secondary N) is 1. The molecule has 3 N–H and O–H groups in total. The molecular formula is C15H19ClN2O2. The maximum absolute atomic E-state index is 11.6. The van der Waals surface area contributed by atoms with Crippen LogP contribution in [0.2, 0.25) is 0 Å². The standard InChI is InChI=1S/C15H18N2O2.ClH/c16-9-4-10-17-15(18)11-19-14-8-3-6-12-5-1-2-7-13(12)14;/h1-3,5-8H,4,9-11,16H2,(H,17,18);1H. The number of nitrogens with two attached hydrogens (primary N) is 1. The van der Waals surface area contributed by atoms with Crippen LogP contribution in [0.25, 0.3) is 10.8 Å². The van der Waals surface area contributed by atoms with Gasteiger partial charge in [-0.15, -0.1) is 12.4 Å². The molecule has 0 unspecified atom stereocenters. The predicted molar refractivity (Wildman–Crippen MR) is 83.4 cm³/mol. The summed E-state index contributed by atoms with van der Waals surface area (Å²) in [5, 5.41) is 4.87. The van der Waals surface area contributed by atoms with Crippen molar-refractivity contribution >= 4 is 29.1 Å². The van der Waals surface area contributed by atoms with E-state index in [1.54, 1.807) is 0 Å². The third-order valence-corrected chi connectivity index (χ3v) is 2.81. The molecule has 0 fully saturated rings. The maximum atomic E-state index is 11.6. The fraction of sp³-hybridized carbons (Fsp3) is 0.267. The first-order valence-electron chi connectivity index (χ1n) is 6.38. The molecule has 4 nitrogen and oxygen atoms in total. The molecule has 0 aliphatic heterocycles. The largest absolute Gasteiger partial charge is 0.483 e. The molecule has 0 radical (unpaired) electrons. The number of benzene rings is 2. The van der Waals surface area contributed by atoms with Crippen LogP contribution in [0.5, 0.6) is 5.75 Å². The lowest BCUT2D eigenvalue weighted by molar-refractivity contribution is -0.123. The number of rotatable bonds is 6.